The van der Waals surface area contributed by atoms with Crippen LogP contribution in [0.15, 0.2) is 97.1 Å². The number of hydrogen-bond acceptors (Lipinski definition) is 13. The number of hydrogen-bond donors (Lipinski definition) is 3. The number of para-hydroxylation sites is 1. The highest BCUT2D eigenvalue weighted by Crippen LogP contribution is 2.35. The Morgan fingerprint density at radius 3 is 1.72 bits per heavy atom. The number of carbonyl (C=O) groups excluding carboxylic acids is 1. The second-order valence-electron chi connectivity index (χ2n) is 15.3. The third kappa shape index (κ3) is 16.6. The minimum absolute atomic E-state index is 0. The number of fused-ring (bicyclic) bond motifs is 1. The predicted octanol–water partition coefficient (Wildman–Crippen LogP) is 9.13. The van der Waals surface area contributed by atoms with Crippen molar-refractivity contribution >= 4 is 64.3 Å². The maximum Gasteiger partial charge on any atom is 0.273 e. The Kier molecular flexibility index (Phi) is 17.9. The Morgan fingerprint density at radius 1 is 0.642 bits per heavy atom. The number of rotatable bonds is 14. The van der Waals surface area contributed by atoms with Crippen LogP contribution >= 0.6 is 0 Å². The first-order valence-electron chi connectivity index (χ1n) is 20.0. The van der Waals surface area contributed by atoms with Crippen molar-refractivity contribution in [3.8, 4) is 17.2 Å². The minimum atomic E-state index is -3.53. The average molecular weight is 990 g/mol. The fourth-order valence-electron chi connectivity index (χ4n) is 6.83. The Balaban J connectivity index is 0.000000219. The van der Waals surface area contributed by atoms with E-state index in [1.807, 2.05) is 0 Å². The highest BCUT2D eigenvalue weighted by atomic mass is 32.2. The van der Waals surface area contributed by atoms with Gasteiger partial charge in [-0.15, -0.1) is 0 Å². The van der Waals surface area contributed by atoms with E-state index in [1.54, 1.807) is 42.5 Å². The van der Waals surface area contributed by atoms with Gasteiger partial charge < -0.3 is 9.47 Å². The van der Waals surface area contributed by atoms with Crippen molar-refractivity contribution in [2.24, 2.45) is 0 Å². The Morgan fingerprint density at radius 2 is 1.18 bits per heavy atom. The highest BCUT2D eigenvalue weighted by molar-refractivity contribution is 7.92. The zero-order valence-electron chi connectivity index (χ0n) is 35.7. The molecule has 0 bridgehead atoms. The number of nitro benzene ring substituents is 2. The van der Waals surface area contributed by atoms with E-state index in [0.717, 1.165) is 68.6 Å². The molecule has 18 nitrogen and oxygen atoms in total. The highest BCUT2D eigenvalue weighted by Gasteiger charge is 2.24. The first-order valence-corrected chi connectivity index (χ1v) is 25.6. The molecule has 7 rings (SSSR count). The van der Waals surface area contributed by atoms with Crippen molar-refractivity contribution in [1.82, 2.24) is 0 Å². The van der Waals surface area contributed by atoms with Crippen LogP contribution in [0.1, 0.15) is 73.0 Å². The lowest BCUT2D eigenvalue weighted by Crippen LogP contribution is -2.21. The standard InChI is InChI=1S/C17H15F2NO3S.C13H18N2O5S.C13H12N2O5S.CH4/c1-24(22,23)20-16-8-10-3-5-17(21)14(10)7-12(16)6-11-2-4-13(18)9-15(11)19;2*1-21(18,19)14-12-8-7-10(15(16)17)9-13(12)20-11-5-3-2-4-6-11;/h2,4,7-9,20H,3,5-6H2,1H3;7-9,11,14H,2-6H2,1H3;2-9,14H,1H3;1H4. The van der Waals surface area contributed by atoms with E-state index in [1.165, 1.54) is 42.5 Å². The van der Waals surface area contributed by atoms with Gasteiger partial charge >= 0.3 is 0 Å². The molecular formula is C44H49F2N5O13S3. The quantitative estimate of drug-likeness (QED) is 0.0693. The van der Waals surface area contributed by atoms with Gasteiger partial charge in [0.05, 0.1) is 63.9 Å². The SMILES string of the molecule is C.CS(=O)(=O)Nc1cc2c(cc1Cc1ccc(F)cc1F)C(=O)CC2.CS(=O)(=O)Nc1ccc([N+](=O)[O-])cc1OC1CCCCC1.CS(=O)(=O)Nc1ccc([N+](=O)[O-])cc1Oc1ccccc1. The van der Waals surface area contributed by atoms with Crippen LogP contribution in [0.4, 0.5) is 37.2 Å². The molecule has 0 spiro atoms. The zero-order valence-corrected chi connectivity index (χ0v) is 38.1. The zero-order chi connectivity index (χ0) is 48.4. The number of benzene rings is 5. The van der Waals surface area contributed by atoms with Crippen LogP contribution in [0.2, 0.25) is 0 Å². The topological polar surface area (TPSA) is 260 Å². The molecule has 0 aliphatic heterocycles. The molecule has 1 saturated carbocycles. The number of anilines is 3. The van der Waals surface area contributed by atoms with Gasteiger partial charge in [0.25, 0.3) is 11.4 Å². The predicted molar refractivity (Wildman–Crippen MR) is 251 cm³/mol. The molecule has 0 amide bonds. The smallest absolute Gasteiger partial charge is 0.273 e. The van der Waals surface area contributed by atoms with Crippen LogP contribution in [0.25, 0.3) is 0 Å². The molecule has 0 heterocycles. The summed E-state index contributed by atoms with van der Waals surface area (Å²) in [6.07, 6.45) is 8.99. The number of aryl methyl sites for hydroxylation is 1. The Hall–Kier alpha value is -6.72. The molecule has 0 aromatic heterocycles. The molecule has 5 aromatic carbocycles. The van der Waals surface area contributed by atoms with Crippen LogP contribution < -0.4 is 23.6 Å². The van der Waals surface area contributed by atoms with Crippen LogP contribution in [-0.4, -0.2) is 65.8 Å². The van der Waals surface area contributed by atoms with Gasteiger partial charge in [-0.3, -0.25) is 39.2 Å². The van der Waals surface area contributed by atoms with Gasteiger partial charge in [-0.1, -0.05) is 38.1 Å². The number of ether oxygens (including phenoxy) is 2. The number of nitrogens with one attached hydrogen (secondary N) is 3. The maximum absolute atomic E-state index is 13.9. The van der Waals surface area contributed by atoms with Gasteiger partial charge in [0, 0.05) is 36.6 Å². The second kappa shape index (κ2) is 22.7. The van der Waals surface area contributed by atoms with Gasteiger partial charge in [0.1, 0.15) is 17.4 Å². The fourth-order valence-corrected chi connectivity index (χ4v) is 8.55. The largest absolute Gasteiger partial charge is 0.488 e. The third-order valence-corrected chi connectivity index (χ3v) is 11.5. The summed E-state index contributed by atoms with van der Waals surface area (Å²) in [6.45, 7) is 0. The Labute approximate surface area is 387 Å². The van der Waals surface area contributed by atoms with Gasteiger partial charge in [0.15, 0.2) is 17.3 Å². The molecule has 23 heteroatoms. The molecule has 360 valence electrons. The number of nitro groups is 2. The summed E-state index contributed by atoms with van der Waals surface area (Å²) in [7, 11) is -10.5. The average Bonchev–Trinajstić information content (AvgIpc) is 3.58. The summed E-state index contributed by atoms with van der Waals surface area (Å²) in [6, 6.07) is 22.5. The first kappa shape index (κ1) is 52.9. The summed E-state index contributed by atoms with van der Waals surface area (Å²) >= 11 is 0. The van der Waals surface area contributed by atoms with Crippen molar-refractivity contribution in [3.63, 3.8) is 0 Å². The molecular weight excluding hydrogens is 941 g/mol. The monoisotopic (exact) mass is 989 g/mol. The number of nitrogens with zero attached hydrogens (tertiary/aromatic N) is 2. The van der Waals surface area contributed by atoms with E-state index in [-0.39, 0.29) is 65.5 Å². The third-order valence-electron chi connectivity index (χ3n) is 9.70. The summed E-state index contributed by atoms with van der Waals surface area (Å²) in [5, 5.41) is 21.7. The van der Waals surface area contributed by atoms with E-state index >= 15 is 0 Å². The lowest BCUT2D eigenvalue weighted by molar-refractivity contribution is -0.385. The molecule has 67 heavy (non-hydrogen) atoms. The molecule has 1 fully saturated rings. The molecule has 5 aromatic rings. The summed E-state index contributed by atoms with van der Waals surface area (Å²) in [5.41, 5.74) is 2.36. The van der Waals surface area contributed by atoms with Crippen molar-refractivity contribution < 1.29 is 58.1 Å². The summed E-state index contributed by atoms with van der Waals surface area (Å²) in [5.74, 6) is -0.712. The van der Waals surface area contributed by atoms with E-state index in [4.69, 9.17) is 9.47 Å². The van der Waals surface area contributed by atoms with Gasteiger partial charge in [-0.05, 0) is 91.3 Å². The van der Waals surface area contributed by atoms with Crippen molar-refractivity contribution in [2.75, 3.05) is 32.9 Å². The van der Waals surface area contributed by atoms with Gasteiger partial charge in [0.2, 0.25) is 30.1 Å². The first-order chi connectivity index (χ1) is 30.9. The molecule has 0 unspecified atom stereocenters. The molecule has 3 N–H and O–H groups in total. The number of Topliss-reactive ketones (excluding diaryl/α,β-unsaturated/α-hetero) is 1. The normalized spacial score (nSPS) is 13.5. The second-order valence-corrected chi connectivity index (χ2v) is 20.5. The lowest BCUT2D eigenvalue weighted by Gasteiger charge is -2.24. The van der Waals surface area contributed by atoms with E-state index in [0.29, 0.717) is 35.4 Å². The molecule has 2 aliphatic rings. The van der Waals surface area contributed by atoms with E-state index in [9.17, 15) is 59.1 Å². The van der Waals surface area contributed by atoms with Crippen LogP contribution in [0.5, 0.6) is 17.2 Å². The van der Waals surface area contributed by atoms with Crippen LogP contribution in [0, 0.1) is 31.9 Å². The molecule has 0 radical (unpaired) electrons. The molecule has 0 saturated heterocycles. The number of non-ortho nitro benzene ring substituents is 2. The molecule has 2 aliphatic carbocycles. The number of sulfonamides is 3. The Bertz CT molecular complexity index is 2950. The van der Waals surface area contributed by atoms with Crippen molar-refractivity contribution in [1.29, 1.82) is 0 Å². The minimum Gasteiger partial charge on any atom is -0.488 e. The lowest BCUT2D eigenvalue weighted by atomic mass is 9.98. The van der Waals surface area contributed by atoms with E-state index < -0.39 is 51.6 Å². The van der Waals surface area contributed by atoms with Crippen LogP contribution in [0.3, 0.4) is 0 Å². The maximum atomic E-state index is 13.9. The molecule has 0 atom stereocenters. The summed E-state index contributed by atoms with van der Waals surface area (Å²) < 4.78 is 114. The number of halogens is 2. The fraction of sp³-hybridized carbons (Fsp3) is 0.295. The number of ketones is 1. The van der Waals surface area contributed by atoms with Crippen molar-refractivity contribution in [3.05, 3.63) is 151 Å². The van der Waals surface area contributed by atoms with E-state index in [2.05, 4.69) is 14.2 Å². The number of carbonyl (C=O) groups is 1. The van der Waals surface area contributed by atoms with Crippen LogP contribution in [-0.2, 0) is 42.9 Å². The van der Waals surface area contributed by atoms with Gasteiger partial charge in [-0.2, -0.15) is 0 Å². The van der Waals surface area contributed by atoms with Crippen molar-refractivity contribution in [2.45, 2.75) is 64.9 Å². The summed E-state index contributed by atoms with van der Waals surface area (Å²) in [4.78, 5) is 32.5. The van der Waals surface area contributed by atoms with Gasteiger partial charge in [-0.25, -0.2) is 34.0 Å².